The number of nitrogens with zero attached hydrogens (tertiary/aromatic N) is 3. The molecule has 1 aliphatic rings. The first-order valence-electron chi connectivity index (χ1n) is 12.1. The third kappa shape index (κ3) is 4.56. The zero-order valence-corrected chi connectivity index (χ0v) is 19.9. The fourth-order valence-electron chi connectivity index (χ4n) is 4.84. The van der Waals surface area contributed by atoms with Gasteiger partial charge in [-0.05, 0) is 68.1 Å². The number of hydrogen-bond donors (Lipinski definition) is 0. The minimum Gasteiger partial charge on any atom is -0.493 e. The Morgan fingerprint density at radius 3 is 2.65 bits per heavy atom. The van der Waals surface area contributed by atoms with Crippen molar-refractivity contribution in [2.75, 3.05) is 18.1 Å². The van der Waals surface area contributed by atoms with Gasteiger partial charge >= 0.3 is 0 Å². The molecule has 1 saturated heterocycles. The predicted octanol–water partition coefficient (Wildman–Crippen LogP) is 6.03. The Hall–Kier alpha value is -3.60. The molecule has 1 aromatic heterocycles. The Kier molecular flexibility index (Phi) is 6.35. The molecule has 2 heterocycles. The van der Waals surface area contributed by atoms with Crippen LogP contribution < -0.4 is 9.64 Å². The Bertz CT molecular complexity index is 1310. The second-order valence-electron chi connectivity index (χ2n) is 9.18. The summed E-state index contributed by atoms with van der Waals surface area (Å²) in [5, 5.41) is 0. The SMILES string of the molecule is Cc1cccc(N2C[C@@H](c3nc4ccccc4n3CCCCOc3ccccc3C)CC2=O)c1. The maximum absolute atomic E-state index is 12.9. The summed E-state index contributed by atoms with van der Waals surface area (Å²) < 4.78 is 8.30. The van der Waals surface area contributed by atoms with Gasteiger partial charge in [-0.3, -0.25) is 4.79 Å². The van der Waals surface area contributed by atoms with Gasteiger partial charge in [0.15, 0.2) is 0 Å². The lowest BCUT2D eigenvalue weighted by Crippen LogP contribution is -2.24. The van der Waals surface area contributed by atoms with E-state index >= 15 is 0 Å². The summed E-state index contributed by atoms with van der Waals surface area (Å²) in [4.78, 5) is 19.8. The molecule has 0 unspecified atom stereocenters. The maximum Gasteiger partial charge on any atom is 0.227 e. The number of para-hydroxylation sites is 3. The average molecular weight is 454 g/mol. The molecule has 0 N–H and O–H groups in total. The number of benzene rings is 3. The van der Waals surface area contributed by atoms with E-state index in [9.17, 15) is 4.79 Å². The number of rotatable bonds is 8. The molecule has 0 aliphatic carbocycles. The number of imidazole rings is 1. The number of unbranched alkanes of at least 4 members (excludes halogenated alkanes) is 1. The first-order valence-corrected chi connectivity index (χ1v) is 12.1. The number of carbonyl (C=O) groups excluding carboxylic acids is 1. The van der Waals surface area contributed by atoms with Crippen LogP contribution in [0.5, 0.6) is 5.75 Å². The number of hydrogen-bond acceptors (Lipinski definition) is 3. The van der Waals surface area contributed by atoms with Crippen molar-refractivity contribution in [1.82, 2.24) is 9.55 Å². The van der Waals surface area contributed by atoms with Crippen LogP contribution in [0.15, 0.2) is 72.8 Å². The summed E-state index contributed by atoms with van der Waals surface area (Å²) >= 11 is 0. The molecule has 1 atom stereocenters. The van der Waals surface area contributed by atoms with Gasteiger partial charge in [0.25, 0.3) is 0 Å². The monoisotopic (exact) mass is 453 g/mol. The third-order valence-corrected chi connectivity index (χ3v) is 6.61. The van der Waals surface area contributed by atoms with Crippen molar-refractivity contribution in [3.05, 3.63) is 89.7 Å². The van der Waals surface area contributed by atoms with Gasteiger partial charge in [-0.1, -0.05) is 42.5 Å². The van der Waals surface area contributed by atoms with E-state index in [0.717, 1.165) is 58.8 Å². The largest absolute Gasteiger partial charge is 0.493 e. The van der Waals surface area contributed by atoms with E-state index in [1.54, 1.807) is 0 Å². The Labute approximate surface area is 201 Å². The normalized spacial score (nSPS) is 15.9. The number of aryl methyl sites for hydroxylation is 3. The molecule has 0 spiro atoms. The molecular formula is C29H31N3O2. The fourth-order valence-corrected chi connectivity index (χ4v) is 4.84. The maximum atomic E-state index is 12.9. The average Bonchev–Trinajstić information content (AvgIpc) is 3.40. The van der Waals surface area contributed by atoms with Gasteiger partial charge in [0.05, 0.1) is 17.6 Å². The van der Waals surface area contributed by atoms with Crippen LogP contribution in [0.4, 0.5) is 5.69 Å². The highest BCUT2D eigenvalue weighted by Gasteiger charge is 2.34. The first-order chi connectivity index (χ1) is 16.6. The number of fused-ring (bicyclic) bond motifs is 1. The second-order valence-corrected chi connectivity index (χ2v) is 9.18. The fraction of sp³-hybridized carbons (Fsp3) is 0.310. The van der Waals surface area contributed by atoms with E-state index in [4.69, 9.17) is 9.72 Å². The van der Waals surface area contributed by atoms with Crippen molar-refractivity contribution in [3.63, 3.8) is 0 Å². The van der Waals surface area contributed by atoms with Crippen molar-refractivity contribution >= 4 is 22.6 Å². The highest BCUT2D eigenvalue weighted by atomic mass is 16.5. The van der Waals surface area contributed by atoms with E-state index in [2.05, 4.69) is 54.8 Å². The molecule has 5 rings (SSSR count). The molecule has 0 radical (unpaired) electrons. The van der Waals surface area contributed by atoms with Gasteiger partial charge in [0.2, 0.25) is 5.91 Å². The van der Waals surface area contributed by atoms with E-state index < -0.39 is 0 Å². The van der Waals surface area contributed by atoms with Crippen molar-refractivity contribution in [2.24, 2.45) is 0 Å². The van der Waals surface area contributed by atoms with E-state index in [0.29, 0.717) is 19.6 Å². The lowest BCUT2D eigenvalue weighted by molar-refractivity contribution is -0.117. The lowest BCUT2D eigenvalue weighted by atomic mass is 10.1. The minimum atomic E-state index is 0.0867. The van der Waals surface area contributed by atoms with Crippen molar-refractivity contribution in [2.45, 2.75) is 45.6 Å². The standard InChI is InChI=1S/C29H31N3O2/c1-21-10-9-12-24(18-21)32-20-23(19-28(32)33)29-30-25-13-4-5-14-26(25)31(29)16-7-8-17-34-27-15-6-3-11-22(27)2/h3-6,9-15,18,23H,7-8,16-17,19-20H2,1-2H3/t23-/m0/s1. The molecule has 34 heavy (non-hydrogen) atoms. The highest BCUT2D eigenvalue weighted by Crippen LogP contribution is 2.33. The van der Waals surface area contributed by atoms with Gasteiger partial charge in [0, 0.05) is 31.1 Å². The van der Waals surface area contributed by atoms with Crippen LogP contribution >= 0.6 is 0 Å². The topological polar surface area (TPSA) is 47.4 Å². The molecule has 1 fully saturated rings. The van der Waals surface area contributed by atoms with Crippen molar-refractivity contribution in [3.8, 4) is 5.75 Å². The molecule has 1 aliphatic heterocycles. The molecule has 0 saturated carbocycles. The van der Waals surface area contributed by atoms with Crippen LogP contribution in [0.2, 0.25) is 0 Å². The zero-order chi connectivity index (χ0) is 23.5. The molecule has 5 nitrogen and oxygen atoms in total. The summed E-state index contributed by atoms with van der Waals surface area (Å²) in [6, 6.07) is 24.6. The number of carbonyl (C=O) groups is 1. The number of ether oxygens (including phenoxy) is 1. The number of anilines is 1. The molecule has 174 valence electrons. The predicted molar refractivity (Wildman–Crippen MR) is 137 cm³/mol. The van der Waals surface area contributed by atoms with Gasteiger partial charge < -0.3 is 14.2 Å². The quantitative estimate of drug-likeness (QED) is 0.306. The Morgan fingerprint density at radius 1 is 0.971 bits per heavy atom. The minimum absolute atomic E-state index is 0.0867. The molecular weight excluding hydrogens is 422 g/mol. The summed E-state index contributed by atoms with van der Waals surface area (Å²) in [6.07, 6.45) is 2.44. The second kappa shape index (κ2) is 9.72. The third-order valence-electron chi connectivity index (χ3n) is 6.61. The van der Waals surface area contributed by atoms with Gasteiger partial charge in [0.1, 0.15) is 11.6 Å². The van der Waals surface area contributed by atoms with Crippen LogP contribution in [0.25, 0.3) is 11.0 Å². The Balaban J connectivity index is 1.30. The number of amides is 1. The van der Waals surface area contributed by atoms with Gasteiger partial charge in [-0.15, -0.1) is 0 Å². The summed E-state index contributed by atoms with van der Waals surface area (Å²) in [5.74, 6) is 2.23. The lowest BCUT2D eigenvalue weighted by Gasteiger charge is -2.18. The molecule has 4 aromatic rings. The van der Waals surface area contributed by atoms with Crippen LogP contribution in [-0.4, -0.2) is 28.6 Å². The Morgan fingerprint density at radius 2 is 1.79 bits per heavy atom. The highest BCUT2D eigenvalue weighted by molar-refractivity contribution is 5.96. The number of aromatic nitrogens is 2. The molecule has 0 bridgehead atoms. The van der Waals surface area contributed by atoms with Gasteiger partial charge in [-0.25, -0.2) is 4.98 Å². The smallest absolute Gasteiger partial charge is 0.227 e. The van der Waals surface area contributed by atoms with E-state index in [1.165, 1.54) is 0 Å². The van der Waals surface area contributed by atoms with Crippen LogP contribution in [0.1, 0.15) is 42.1 Å². The zero-order valence-electron chi connectivity index (χ0n) is 19.9. The van der Waals surface area contributed by atoms with E-state index in [1.807, 2.05) is 41.3 Å². The van der Waals surface area contributed by atoms with Crippen LogP contribution in [-0.2, 0) is 11.3 Å². The van der Waals surface area contributed by atoms with Crippen molar-refractivity contribution in [1.29, 1.82) is 0 Å². The first kappa shape index (κ1) is 22.2. The van der Waals surface area contributed by atoms with Crippen LogP contribution in [0, 0.1) is 13.8 Å². The molecule has 3 aromatic carbocycles. The summed E-state index contributed by atoms with van der Waals surface area (Å²) in [6.45, 7) is 6.35. The van der Waals surface area contributed by atoms with E-state index in [-0.39, 0.29) is 11.8 Å². The molecule has 5 heteroatoms. The summed E-state index contributed by atoms with van der Waals surface area (Å²) in [5.41, 5.74) is 5.43. The summed E-state index contributed by atoms with van der Waals surface area (Å²) in [7, 11) is 0. The van der Waals surface area contributed by atoms with Crippen molar-refractivity contribution < 1.29 is 9.53 Å². The van der Waals surface area contributed by atoms with Gasteiger partial charge in [-0.2, -0.15) is 0 Å². The molecule has 1 amide bonds. The van der Waals surface area contributed by atoms with Crippen LogP contribution in [0.3, 0.4) is 0 Å².